The van der Waals surface area contributed by atoms with Crippen molar-refractivity contribution < 1.29 is 34.2 Å². The summed E-state index contributed by atoms with van der Waals surface area (Å²) >= 11 is 0. The van der Waals surface area contributed by atoms with Gasteiger partial charge in [0.05, 0.1) is 11.5 Å². The molecule has 2 spiro atoms. The summed E-state index contributed by atoms with van der Waals surface area (Å²) in [5.41, 5.74) is -2.15. The molecule has 1 aromatic carbocycles. The molecule has 4 bridgehead atoms. The van der Waals surface area contributed by atoms with E-state index in [1.54, 1.807) is 6.07 Å². The average Bonchev–Trinajstić information content (AvgIpc) is 2.98. The van der Waals surface area contributed by atoms with Crippen LogP contribution in [-0.4, -0.2) is 51.5 Å². The summed E-state index contributed by atoms with van der Waals surface area (Å²) in [6.45, 7) is 8.30. The lowest BCUT2D eigenvalue weighted by Gasteiger charge is -2.72. The highest BCUT2D eigenvalue weighted by Gasteiger charge is 2.86. The van der Waals surface area contributed by atoms with Crippen molar-refractivity contribution in [3.05, 3.63) is 70.3 Å². The van der Waals surface area contributed by atoms with Crippen LogP contribution in [0, 0.1) is 44.1 Å². The predicted molar refractivity (Wildman–Crippen MR) is 135 cm³/mol. The van der Waals surface area contributed by atoms with Crippen molar-refractivity contribution in [2.75, 3.05) is 6.61 Å². The van der Waals surface area contributed by atoms with Crippen LogP contribution in [0.3, 0.4) is 0 Å². The van der Waals surface area contributed by atoms with Gasteiger partial charge in [-0.1, -0.05) is 44.7 Å². The Hall–Kier alpha value is -3.14. The smallest absolute Gasteiger partial charge is 0.331 e. The number of carbonyl (C=O) groups excluding carboxylic acids is 2. The number of Topliss-reactive ketones (excluding diaryl/α,β-unsaturated/α-hetero) is 1. The van der Waals surface area contributed by atoms with E-state index in [-0.39, 0.29) is 29.2 Å². The van der Waals surface area contributed by atoms with Gasteiger partial charge in [0.1, 0.15) is 17.6 Å². The summed E-state index contributed by atoms with van der Waals surface area (Å²) in [6.07, 6.45) is 6.10. The third-order valence-electron chi connectivity index (χ3n) is 9.97. The summed E-state index contributed by atoms with van der Waals surface area (Å²) < 4.78 is 12.0. The highest BCUT2D eigenvalue weighted by atomic mass is 16.6. The number of non-ortho nitro benzene ring substituents is 1. The standard InChI is InChI=1S/C29H31NO8/c1-16-19-9-10-20-27-13-5-12-26(2,3)22(27)24(33)29(34,37-15-27)28(20,23(16)32)25(19)38-21(31)11-8-17-6-4-7-18(14-17)30(35)36/h4-8,11,13-14,19-20,22,24-25,33-34H,1,9-10,12,15H2,2-3H3/b11-8+/t19-,20-,22+,24-,25+,27+,28-,29-/m0/s1. The molecule has 3 saturated carbocycles. The van der Waals surface area contributed by atoms with Crippen molar-refractivity contribution in [3.8, 4) is 0 Å². The van der Waals surface area contributed by atoms with Gasteiger partial charge in [0, 0.05) is 35.5 Å². The summed E-state index contributed by atoms with van der Waals surface area (Å²) in [4.78, 5) is 37.7. The quantitative estimate of drug-likeness (QED) is 0.202. The maximum atomic E-state index is 14.0. The minimum absolute atomic E-state index is 0.113. The lowest BCUT2D eigenvalue weighted by molar-refractivity contribution is -0.436. The van der Waals surface area contributed by atoms with Crippen molar-refractivity contribution in [1.29, 1.82) is 0 Å². The molecule has 0 unspecified atom stereocenters. The van der Waals surface area contributed by atoms with Gasteiger partial charge in [0.25, 0.3) is 5.69 Å². The van der Waals surface area contributed by atoms with Gasteiger partial charge in [-0.3, -0.25) is 14.9 Å². The summed E-state index contributed by atoms with van der Waals surface area (Å²) in [7, 11) is 0. The predicted octanol–water partition coefficient (Wildman–Crippen LogP) is 3.35. The zero-order valence-corrected chi connectivity index (χ0v) is 21.3. The Labute approximate surface area is 220 Å². The number of aliphatic hydroxyl groups excluding tert-OH is 1. The van der Waals surface area contributed by atoms with Gasteiger partial charge in [0.2, 0.25) is 5.79 Å². The lowest BCUT2D eigenvalue weighted by Crippen LogP contribution is -2.83. The first kappa shape index (κ1) is 25.2. The largest absolute Gasteiger partial charge is 0.457 e. The normalized spacial score (nSPS) is 42.2. The van der Waals surface area contributed by atoms with Crippen molar-refractivity contribution >= 4 is 23.5 Å². The number of carbonyl (C=O) groups is 2. The Morgan fingerprint density at radius 2 is 2.08 bits per heavy atom. The van der Waals surface area contributed by atoms with E-state index in [1.807, 2.05) is 6.08 Å². The highest BCUT2D eigenvalue weighted by molar-refractivity contribution is 6.05. The molecule has 2 aliphatic heterocycles. The van der Waals surface area contributed by atoms with E-state index in [2.05, 4.69) is 26.5 Å². The van der Waals surface area contributed by atoms with Crippen molar-refractivity contribution in [3.63, 3.8) is 0 Å². The monoisotopic (exact) mass is 521 g/mol. The molecular formula is C29H31NO8. The SMILES string of the molecule is C=C1C(=O)[C@]23[C@H](OC(=O)/C=C/c4cccc([N+](=O)[O-])c4)[C@H]1CC[C@H]2[C@]12C=CCC(C)(C)[C@H]1[C@H](O)[C@]3(O)OC2. The summed E-state index contributed by atoms with van der Waals surface area (Å²) in [5, 5.41) is 34.9. The second-order valence-electron chi connectivity index (χ2n) is 12.1. The molecule has 2 saturated heterocycles. The molecule has 2 N–H and O–H groups in total. The molecule has 2 heterocycles. The number of nitro benzene ring substituents is 1. The van der Waals surface area contributed by atoms with Gasteiger partial charge in [-0.2, -0.15) is 0 Å². The zero-order valence-electron chi connectivity index (χ0n) is 21.3. The molecule has 8 atom stereocenters. The van der Waals surface area contributed by atoms with Gasteiger partial charge >= 0.3 is 5.97 Å². The fourth-order valence-corrected chi connectivity index (χ4v) is 8.62. The van der Waals surface area contributed by atoms with Crippen molar-refractivity contribution in [2.45, 2.75) is 51.1 Å². The Kier molecular flexibility index (Phi) is 5.26. The van der Waals surface area contributed by atoms with Crippen LogP contribution >= 0.6 is 0 Å². The average molecular weight is 522 g/mol. The van der Waals surface area contributed by atoms with E-state index >= 15 is 0 Å². The fraction of sp³-hybridized carbons (Fsp3) is 0.517. The second-order valence-corrected chi connectivity index (χ2v) is 12.1. The van der Waals surface area contributed by atoms with Crippen molar-refractivity contribution in [2.24, 2.45) is 34.0 Å². The number of hydrogen-bond acceptors (Lipinski definition) is 8. The molecule has 9 nitrogen and oxygen atoms in total. The van der Waals surface area contributed by atoms with Crippen LogP contribution in [0.1, 0.15) is 38.7 Å². The third kappa shape index (κ3) is 2.92. The molecule has 5 fully saturated rings. The number of fused-ring (bicyclic) bond motifs is 2. The maximum absolute atomic E-state index is 14.0. The van der Waals surface area contributed by atoms with E-state index in [0.29, 0.717) is 18.4 Å². The number of rotatable bonds is 4. The first-order valence-electron chi connectivity index (χ1n) is 13.0. The molecule has 0 amide bonds. The topological polar surface area (TPSA) is 136 Å². The lowest BCUT2D eigenvalue weighted by atomic mass is 9.37. The zero-order chi connectivity index (χ0) is 27.3. The molecule has 200 valence electrons. The van der Waals surface area contributed by atoms with Crippen LogP contribution in [0.15, 0.2) is 54.6 Å². The maximum Gasteiger partial charge on any atom is 0.331 e. The van der Waals surface area contributed by atoms with Crippen LogP contribution in [0.5, 0.6) is 0 Å². The third-order valence-corrected chi connectivity index (χ3v) is 9.97. The number of hydrogen-bond donors (Lipinski definition) is 2. The van der Waals surface area contributed by atoms with Gasteiger partial charge in [-0.25, -0.2) is 4.79 Å². The molecule has 7 rings (SSSR count). The molecule has 0 radical (unpaired) electrons. The number of aliphatic hydroxyl groups is 2. The van der Waals surface area contributed by atoms with E-state index in [0.717, 1.165) is 12.5 Å². The number of ketones is 1. The van der Waals surface area contributed by atoms with Crippen LogP contribution in [0.4, 0.5) is 5.69 Å². The minimum atomic E-state index is -2.24. The molecule has 1 aromatic rings. The minimum Gasteiger partial charge on any atom is -0.457 e. The van der Waals surface area contributed by atoms with E-state index < -0.39 is 57.3 Å². The van der Waals surface area contributed by atoms with Crippen LogP contribution in [-0.2, 0) is 19.1 Å². The first-order chi connectivity index (χ1) is 17.9. The molecular weight excluding hydrogens is 490 g/mol. The second kappa shape index (κ2) is 7.94. The van der Waals surface area contributed by atoms with Gasteiger partial charge < -0.3 is 19.7 Å². The summed E-state index contributed by atoms with van der Waals surface area (Å²) in [5.74, 6) is -4.69. The Balaban J connectivity index is 1.40. The van der Waals surface area contributed by atoms with Gasteiger partial charge in [0.15, 0.2) is 5.78 Å². The molecule has 38 heavy (non-hydrogen) atoms. The van der Waals surface area contributed by atoms with Gasteiger partial charge in [-0.15, -0.1) is 0 Å². The molecule has 6 aliphatic rings. The Bertz CT molecular complexity index is 1330. The van der Waals surface area contributed by atoms with Crippen molar-refractivity contribution in [1.82, 2.24) is 0 Å². The van der Waals surface area contributed by atoms with Gasteiger partial charge in [-0.05, 0) is 47.8 Å². The molecule has 4 aliphatic carbocycles. The molecule has 0 aromatic heterocycles. The number of nitrogens with zero attached hydrogens (tertiary/aromatic N) is 1. The van der Waals surface area contributed by atoms with Crippen LogP contribution in [0.2, 0.25) is 0 Å². The van der Waals surface area contributed by atoms with E-state index in [1.165, 1.54) is 24.3 Å². The Morgan fingerprint density at radius 1 is 1.32 bits per heavy atom. The first-order valence-corrected chi connectivity index (χ1v) is 13.0. The fourth-order valence-electron chi connectivity index (χ4n) is 8.62. The van der Waals surface area contributed by atoms with Crippen LogP contribution in [0.25, 0.3) is 6.08 Å². The van der Waals surface area contributed by atoms with E-state index in [9.17, 15) is 29.9 Å². The number of ether oxygens (including phenoxy) is 2. The van der Waals surface area contributed by atoms with Crippen LogP contribution < -0.4 is 0 Å². The number of allylic oxidation sites excluding steroid dienone is 1. The number of esters is 1. The van der Waals surface area contributed by atoms with E-state index in [4.69, 9.17) is 9.47 Å². The summed E-state index contributed by atoms with van der Waals surface area (Å²) in [6, 6.07) is 5.81. The number of nitro groups is 1. The Morgan fingerprint density at radius 3 is 2.82 bits per heavy atom. The molecule has 9 heteroatoms. The number of benzene rings is 1. The highest BCUT2D eigenvalue weighted by Crippen LogP contribution is 2.75.